The molecule has 0 aliphatic heterocycles. The Morgan fingerprint density at radius 2 is 1.62 bits per heavy atom. The maximum atomic E-state index is 11.9. The second-order valence-electron chi connectivity index (χ2n) is 6.33. The fraction of sp³-hybridized carbons (Fsp3) is 0.174. The molecule has 132 valence electrons. The van der Waals surface area contributed by atoms with E-state index in [9.17, 15) is 4.79 Å². The van der Waals surface area contributed by atoms with Gasteiger partial charge in [0, 0.05) is 22.4 Å². The summed E-state index contributed by atoms with van der Waals surface area (Å²) < 4.78 is 7.11. The maximum Gasteiger partial charge on any atom is 0.130 e. The molecular weight excluding hydrogens is 388 g/mol. The van der Waals surface area contributed by atoms with Crippen molar-refractivity contribution in [3.05, 3.63) is 100 Å². The number of Topliss-reactive ketones (excluding diaryl/α,β-unsaturated/α-hetero) is 1. The molecule has 0 spiro atoms. The summed E-state index contributed by atoms with van der Waals surface area (Å²) in [5, 5.41) is 0. The monoisotopic (exact) mass is 408 g/mol. The van der Waals surface area contributed by atoms with Crippen LogP contribution in [0.2, 0.25) is 0 Å². The Bertz CT molecular complexity index is 860. The molecule has 1 atom stereocenters. The molecule has 3 rings (SSSR count). The van der Waals surface area contributed by atoms with Gasteiger partial charge in [0.1, 0.15) is 18.1 Å². The Hall–Kier alpha value is -2.39. The van der Waals surface area contributed by atoms with Crippen LogP contribution in [-0.2, 0) is 11.4 Å². The summed E-state index contributed by atoms with van der Waals surface area (Å²) in [4.78, 5) is 11.9. The van der Waals surface area contributed by atoms with E-state index in [0.29, 0.717) is 13.0 Å². The molecule has 3 aromatic rings. The van der Waals surface area contributed by atoms with Crippen molar-refractivity contribution in [3.63, 3.8) is 0 Å². The highest BCUT2D eigenvalue weighted by atomic mass is 79.9. The Morgan fingerprint density at radius 1 is 0.962 bits per heavy atom. The van der Waals surface area contributed by atoms with E-state index in [1.807, 2.05) is 60.7 Å². The molecule has 0 heterocycles. The lowest BCUT2D eigenvalue weighted by atomic mass is 9.87. The topological polar surface area (TPSA) is 26.3 Å². The molecule has 0 amide bonds. The molecule has 0 N–H and O–H groups in total. The second-order valence-corrected chi connectivity index (χ2v) is 7.24. The van der Waals surface area contributed by atoms with Crippen LogP contribution in [0.1, 0.15) is 36.0 Å². The second kappa shape index (κ2) is 8.81. The summed E-state index contributed by atoms with van der Waals surface area (Å²) >= 11 is 3.56. The van der Waals surface area contributed by atoms with Crippen LogP contribution in [0.25, 0.3) is 0 Å². The van der Waals surface area contributed by atoms with E-state index in [4.69, 9.17) is 4.74 Å². The van der Waals surface area contributed by atoms with Crippen molar-refractivity contribution in [2.45, 2.75) is 25.9 Å². The van der Waals surface area contributed by atoms with Gasteiger partial charge in [-0.1, -0.05) is 76.6 Å². The zero-order chi connectivity index (χ0) is 18.4. The van der Waals surface area contributed by atoms with E-state index >= 15 is 0 Å². The van der Waals surface area contributed by atoms with Crippen LogP contribution in [0.5, 0.6) is 5.75 Å². The van der Waals surface area contributed by atoms with Crippen LogP contribution in [0.4, 0.5) is 0 Å². The van der Waals surface area contributed by atoms with Crippen molar-refractivity contribution >= 4 is 21.7 Å². The van der Waals surface area contributed by atoms with Gasteiger partial charge in [-0.25, -0.2) is 0 Å². The number of ketones is 1. The van der Waals surface area contributed by atoms with Gasteiger partial charge in [0.2, 0.25) is 0 Å². The van der Waals surface area contributed by atoms with Gasteiger partial charge in [-0.3, -0.25) is 4.79 Å². The Balaban J connectivity index is 1.95. The van der Waals surface area contributed by atoms with Crippen molar-refractivity contribution in [1.29, 1.82) is 0 Å². The third-order valence-electron chi connectivity index (χ3n) is 4.28. The smallest absolute Gasteiger partial charge is 0.130 e. The highest BCUT2D eigenvalue weighted by Gasteiger charge is 2.21. The molecule has 3 aromatic carbocycles. The van der Waals surface area contributed by atoms with E-state index in [0.717, 1.165) is 26.9 Å². The minimum Gasteiger partial charge on any atom is -0.489 e. The van der Waals surface area contributed by atoms with Crippen LogP contribution in [0.15, 0.2) is 83.3 Å². The highest BCUT2D eigenvalue weighted by Crippen LogP contribution is 2.36. The third kappa shape index (κ3) is 4.83. The minimum atomic E-state index is -0.0306. The summed E-state index contributed by atoms with van der Waals surface area (Å²) in [7, 11) is 0. The molecule has 0 saturated carbocycles. The molecular formula is C23H21BrO2. The van der Waals surface area contributed by atoms with Gasteiger partial charge in [0.15, 0.2) is 0 Å². The molecule has 0 radical (unpaired) electrons. The first-order valence-electron chi connectivity index (χ1n) is 8.64. The lowest BCUT2D eigenvalue weighted by molar-refractivity contribution is -0.117. The summed E-state index contributed by atoms with van der Waals surface area (Å²) in [5.74, 6) is 0.942. The lowest BCUT2D eigenvalue weighted by Crippen LogP contribution is -2.09. The number of carbonyl (C=O) groups is 1. The molecule has 2 nitrogen and oxygen atoms in total. The van der Waals surface area contributed by atoms with Gasteiger partial charge in [0.05, 0.1) is 0 Å². The van der Waals surface area contributed by atoms with Crippen molar-refractivity contribution in [1.82, 2.24) is 0 Å². The average molecular weight is 409 g/mol. The molecule has 3 heteroatoms. The standard InChI is InChI=1S/C23H21BrO2/c1-17(25)14-21(19-10-6-3-7-11-19)22-15-20(24)12-13-23(22)26-16-18-8-4-2-5-9-18/h2-13,15,21H,14,16H2,1H3. The SMILES string of the molecule is CC(=O)CC(c1ccccc1)c1cc(Br)ccc1OCc1ccccc1. The minimum absolute atomic E-state index is 0.0306. The number of halogens is 1. The van der Waals surface area contributed by atoms with Crippen LogP contribution >= 0.6 is 15.9 Å². The van der Waals surface area contributed by atoms with Gasteiger partial charge in [-0.2, -0.15) is 0 Å². The van der Waals surface area contributed by atoms with E-state index in [-0.39, 0.29) is 11.7 Å². The predicted octanol–water partition coefficient (Wildman–Crippen LogP) is 6.14. The molecule has 1 unspecified atom stereocenters. The van der Waals surface area contributed by atoms with E-state index < -0.39 is 0 Å². The summed E-state index contributed by atoms with van der Waals surface area (Å²) in [6.45, 7) is 2.13. The Kier molecular flexibility index (Phi) is 6.24. The molecule has 0 saturated heterocycles. The molecule has 0 bridgehead atoms. The van der Waals surface area contributed by atoms with Crippen molar-refractivity contribution in [3.8, 4) is 5.75 Å². The van der Waals surface area contributed by atoms with Crippen molar-refractivity contribution in [2.24, 2.45) is 0 Å². The van der Waals surface area contributed by atoms with Gasteiger partial charge in [-0.15, -0.1) is 0 Å². The zero-order valence-corrected chi connectivity index (χ0v) is 16.3. The number of benzene rings is 3. The third-order valence-corrected chi connectivity index (χ3v) is 4.77. The lowest BCUT2D eigenvalue weighted by Gasteiger charge is -2.21. The fourth-order valence-corrected chi connectivity index (χ4v) is 3.42. The first kappa shape index (κ1) is 18.4. The number of hydrogen-bond donors (Lipinski definition) is 0. The average Bonchev–Trinajstić information content (AvgIpc) is 2.66. The Labute approximate surface area is 163 Å². The summed E-state index contributed by atoms with van der Waals surface area (Å²) in [6, 6.07) is 26.2. The van der Waals surface area contributed by atoms with Crippen LogP contribution in [0.3, 0.4) is 0 Å². The van der Waals surface area contributed by atoms with E-state index in [1.54, 1.807) is 6.92 Å². The number of carbonyl (C=O) groups excluding carboxylic acids is 1. The van der Waals surface area contributed by atoms with Crippen LogP contribution in [0, 0.1) is 0 Å². The molecule has 0 aliphatic carbocycles. The van der Waals surface area contributed by atoms with E-state index in [1.165, 1.54) is 0 Å². The Morgan fingerprint density at radius 3 is 2.27 bits per heavy atom. The predicted molar refractivity (Wildman–Crippen MR) is 108 cm³/mol. The zero-order valence-electron chi connectivity index (χ0n) is 14.7. The first-order chi connectivity index (χ1) is 12.6. The van der Waals surface area contributed by atoms with Gasteiger partial charge in [0.25, 0.3) is 0 Å². The quantitative estimate of drug-likeness (QED) is 0.469. The molecule has 0 fully saturated rings. The fourth-order valence-electron chi connectivity index (χ4n) is 3.04. The van der Waals surface area contributed by atoms with Crippen molar-refractivity contribution in [2.75, 3.05) is 0 Å². The molecule has 0 aliphatic rings. The molecule has 0 aromatic heterocycles. The van der Waals surface area contributed by atoms with Gasteiger partial charge >= 0.3 is 0 Å². The number of ether oxygens (including phenoxy) is 1. The van der Waals surface area contributed by atoms with Gasteiger partial charge < -0.3 is 4.74 Å². The highest BCUT2D eigenvalue weighted by molar-refractivity contribution is 9.10. The van der Waals surface area contributed by atoms with Crippen molar-refractivity contribution < 1.29 is 9.53 Å². The van der Waals surface area contributed by atoms with E-state index in [2.05, 4.69) is 34.1 Å². The first-order valence-corrected chi connectivity index (χ1v) is 9.43. The van der Waals surface area contributed by atoms with Gasteiger partial charge in [-0.05, 0) is 36.2 Å². The molecule has 26 heavy (non-hydrogen) atoms. The summed E-state index contributed by atoms with van der Waals surface area (Å²) in [6.07, 6.45) is 0.447. The normalized spacial score (nSPS) is 11.8. The van der Waals surface area contributed by atoms with Crippen LogP contribution < -0.4 is 4.74 Å². The maximum absolute atomic E-state index is 11.9. The largest absolute Gasteiger partial charge is 0.489 e. The summed E-state index contributed by atoms with van der Waals surface area (Å²) in [5.41, 5.74) is 3.26. The van der Waals surface area contributed by atoms with Crippen LogP contribution in [-0.4, -0.2) is 5.78 Å². The number of hydrogen-bond acceptors (Lipinski definition) is 2. The number of rotatable bonds is 7.